The molecule has 6 aromatic rings. The topological polar surface area (TPSA) is 474 Å². The fourth-order valence-corrected chi connectivity index (χ4v) is 14.8. The number of alkyl halides is 6. The lowest BCUT2D eigenvalue weighted by Crippen LogP contribution is -2.43. The molecule has 0 radical (unpaired) electrons. The van der Waals surface area contributed by atoms with Gasteiger partial charge in [-0.3, -0.25) is 66.5 Å². The molecule has 0 unspecified atom stereocenters. The first-order valence-electron chi connectivity index (χ1n) is 36.8. The number of nitrogen functional groups attached to an aromatic ring is 2. The Bertz CT molecular complexity index is 4680. The average molecular weight is 1620 g/mol. The molecule has 23 atom stereocenters. The molecule has 6 fully saturated rings. The van der Waals surface area contributed by atoms with Gasteiger partial charge < -0.3 is 60.0 Å². The van der Waals surface area contributed by atoms with Gasteiger partial charge in [0.2, 0.25) is 0 Å². The molecule has 11 N–H and O–H groups in total. The van der Waals surface area contributed by atoms with E-state index in [4.69, 9.17) is 39.9 Å². The SMILES string of the molecule is C=C[C@]1(CC)O[C@@H](n2ccc(=O)[nH]c2=O)[C@@H](F)[C@@H]1C.C=C[C@]1(CC)O[C@@H](n2ccc(N)nc2=O)[C@@H](F)[C@@H]1C.C=C[C@]1(CO)O[C@@H](n2ccc(N)nc2=O)[C@@H](F)[C@@H]1O.CCC1(CC)O[C@@H](n2ccc(=O)[nH]c2=O)[C@@H](F)[C@@H]1C.CC[C@@]1(C=O)O[C@@H](n2ccc(=O)[nH]c2=O)[C@@H](F)[C@@H]1C.CC[C@@]1(CO)O[C@@H](n2ccc(=O)[nH]c2=O)[C@@H](F)[C@@H]1C. The monoisotopic (exact) mass is 1620 g/mol. The molecule has 0 saturated carbocycles. The summed E-state index contributed by atoms with van der Waals surface area (Å²) in [5.41, 5.74) is -1.61. The second kappa shape index (κ2) is 37.2. The van der Waals surface area contributed by atoms with E-state index in [0.717, 1.165) is 45.6 Å². The van der Waals surface area contributed by atoms with E-state index in [1.54, 1.807) is 60.6 Å². The summed E-state index contributed by atoms with van der Waals surface area (Å²) in [7, 11) is 0. The van der Waals surface area contributed by atoms with Crippen LogP contribution in [0.5, 0.6) is 0 Å². The summed E-state index contributed by atoms with van der Waals surface area (Å²) >= 11 is 0. The maximum atomic E-state index is 14.4. The summed E-state index contributed by atoms with van der Waals surface area (Å²) in [5.74, 6) is -2.22. The van der Waals surface area contributed by atoms with Crippen LogP contribution >= 0.6 is 0 Å². The highest BCUT2D eigenvalue weighted by Gasteiger charge is 2.58. The normalized spacial score (nSPS) is 33.6. The molecule has 0 spiro atoms. The van der Waals surface area contributed by atoms with Crippen molar-refractivity contribution in [3.63, 3.8) is 0 Å². The number of aliphatic hydroxyl groups excluding tert-OH is 3. The van der Waals surface area contributed by atoms with Crippen LogP contribution in [0.1, 0.15) is 152 Å². The number of nitrogens with two attached hydrogens (primary N) is 2. The highest BCUT2D eigenvalue weighted by Crippen LogP contribution is 2.50. The fraction of sp³-hybridized carbons (Fsp3) is 0.581. The number of carbonyl (C=O) groups is 1. The molecular weight excluding hydrogens is 1520 g/mol. The van der Waals surface area contributed by atoms with E-state index in [1.165, 1.54) is 61.4 Å². The van der Waals surface area contributed by atoms with Crippen LogP contribution in [0.4, 0.5) is 38.0 Å². The van der Waals surface area contributed by atoms with Gasteiger partial charge in [0.1, 0.15) is 28.9 Å². The van der Waals surface area contributed by atoms with Crippen LogP contribution < -0.4 is 67.8 Å². The Morgan fingerprint density at radius 2 is 0.658 bits per heavy atom. The number of aromatic amines is 4. The molecule has 12 heterocycles. The van der Waals surface area contributed by atoms with Crippen LogP contribution in [0.25, 0.3) is 0 Å². The molecule has 6 aliphatic heterocycles. The zero-order valence-corrected chi connectivity index (χ0v) is 64.7. The molecule has 0 amide bonds. The van der Waals surface area contributed by atoms with Crippen LogP contribution in [-0.4, -0.2) is 169 Å². The van der Waals surface area contributed by atoms with Gasteiger partial charge in [-0.15, -0.1) is 19.7 Å². The minimum absolute atomic E-state index is 0.00709. The number of aromatic nitrogens is 12. The Balaban J connectivity index is 0.000000189. The van der Waals surface area contributed by atoms with E-state index >= 15 is 0 Å². The number of anilines is 2. The summed E-state index contributed by atoms with van der Waals surface area (Å²) in [4.78, 5) is 141. The quantitative estimate of drug-likeness (QED) is 0.0331. The lowest BCUT2D eigenvalue weighted by molar-refractivity contribution is -0.139. The summed E-state index contributed by atoms with van der Waals surface area (Å²) < 4.78 is 126. The predicted octanol–water partition coefficient (Wildman–Crippen LogP) is 4.17. The first-order valence-corrected chi connectivity index (χ1v) is 36.8. The Labute approximate surface area is 646 Å². The number of hydrogen-bond donors (Lipinski definition) is 9. The number of halogens is 6. The smallest absolute Gasteiger partial charge is 0.351 e. The van der Waals surface area contributed by atoms with Crippen molar-refractivity contribution in [1.82, 2.24) is 57.3 Å². The number of H-pyrrole nitrogens is 4. The highest BCUT2D eigenvalue weighted by molar-refractivity contribution is 5.64. The van der Waals surface area contributed by atoms with Crippen LogP contribution in [-0.2, 0) is 33.2 Å². The molecule has 40 heteroatoms. The van der Waals surface area contributed by atoms with E-state index < -0.39 is 195 Å². The molecule has 6 saturated heterocycles. The zero-order valence-electron chi connectivity index (χ0n) is 64.7. The third-order valence-electron chi connectivity index (χ3n) is 22.8. The van der Waals surface area contributed by atoms with Gasteiger partial charge in [0.15, 0.2) is 80.7 Å². The summed E-state index contributed by atoms with van der Waals surface area (Å²) in [6.07, 6.45) is -1.49. The summed E-state index contributed by atoms with van der Waals surface area (Å²) in [6, 6.07) is 7.35. The van der Waals surface area contributed by atoms with Crippen molar-refractivity contribution in [2.24, 2.45) is 29.6 Å². The van der Waals surface area contributed by atoms with Gasteiger partial charge in [-0.05, 0) is 50.7 Å². The third kappa shape index (κ3) is 17.8. The highest BCUT2D eigenvalue weighted by atomic mass is 19.2. The van der Waals surface area contributed by atoms with Gasteiger partial charge in [0, 0.05) is 91.0 Å². The zero-order chi connectivity index (χ0) is 85.2. The average Bonchev–Trinajstić information content (AvgIpc) is 1.66. The second-order valence-corrected chi connectivity index (χ2v) is 28.4. The van der Waals surface area contributed by atoms with E-state index in [-0.39, 0.29) is 30.1 Å². The number of carbonyl (C=O) groups excluding carboxylic acids is 1. The van der Waals surface area contributed by atoms with Crippen molar-refractivity contribution in [3.05, 3.63) is 216 Å². The Morgan fingerprint density at radius 1 is 0.395 bits per heavy atom. The summed E-state index contributed by atoms with van der Waals surface area (Å²) in [6.45, 7) is 29.5. The number of nitrogens with zero attached hydrogens (tertiary/aromatic N) is 8. The molecular formula is C74H100F6N14O20. The summed E-state index contributed by atoms with van der Waals surface area (Å²) in [5, 5.41) is 28.5. The van der Waals surface area contributed by atoms with E-state index in [2.05, 4.69) is 44.7 Å². The van der Waals surface area contributed by atoms with E-state index in [9.17, 15) is 94.4 Å². The first-order chi connectivity index (χ1) is 53.7. The maximum Gasteiger partial charge on any atom is 0.351 e. The molecule has 0 aliphatic carbocycles. The van der Waals surface area contributed by atoms with Crippen LogP contribution in [0.15, 0.2) is 159 Å². The van der Waals surface area contributed by atoms with E-state index in [0.29, 0.717) is 44.8 Å². The van der Waals surface area contributed by atoms with Gasteiger partial charge in [-0.25, -0.2) is 55.1 Å². The molecule has 0 bridgehead atoms. The number of ether oxygens (including phenoxy) is 6. The van der Waals surface area contributed by atoms with Gasteiger partial charge in [-0.1, -0.05) is 94.4 Å². The standard InChI is InChI=1S/C13H18FN3O2.C13H19FN2O3.C13H17FN2O3.C12H17FN2O4.C12H15FN2O4.C11H14FN3O4/c1-4-13(5-2)8(3)10(14)11(19-13)17-7-6-9(15)16-12(17)18;2*1-4-13(5-2)8(3)10(14)11(19-13)16-7-6-9(17)15-12(16)18;2*1-3-12(6-16)7(2)9(13)10(19-12)15-5-4-8(17)14-11(15)18;1-2-11(5-16)8(17)7(12)9(19-11)15-4-3-6(13)14-10(15)18/h4,6-8,10-11H,1,5H2,2-3H3,(H2,15,16,18);6-8,10-11H,4-5H2,1-3H3,(H,15,17,18);4,6-8,10-11H,1,5H2,2-3H3,(H,15,17,18);4-5,7,9-10,16H,3,6H2,1-2H3,(H,14,17,18);4-7,9-10H,3H2,1-2H3,(H,14,17,18);2-4,7-9,16-17H,1,5H2,(H2,13,14,18)/t8-,10-,11+,13+;8-,10-,11+;8-,10-,11+,13+;2*7-,9-,10+,12-;7-,8-,9+,11+/m000000/s1. The van der Waals surface area contributed by atoms with Crippen molar-refractivity contribution < 1.29 is 74.9 Å². The molecule has 6 aliphatic rings. The maximum absolute atomic E-state index is 14.4. The second-order valence-electron chi connectivity index (χ2n) is 28.4. The number of nitrogens with one attached hydrogen (secondary N) is 4. The fourth-order valence-electron chi connectivity index (χ4n) is 14.8. The molecule has 6 aromatic heterocycles. The molecule has 34 nitrogen and oxygen atoms in total. The number of hydrogen-bond acceptors (Lipinski definition) is 24. The van der Waals surface area contributed by atoms with Gasteiger partial charge in [-0.2, -0.15) is 9.97 Å². The van der Waals surface area contributed by atoms with Crippen LogP contribution in [0, 0.1) is 29.6 Å². The Hall–Kier alpha value is -9.81. The van der Waals surface area contributed by atoms with Crippen molar-refractivity contribution in [2.45, 2.75) is 229 Å². The Kier molecular flexibility index (Phi) is 29.8. The largest absolute Gasteiger partial charge is 0.393 e. The molecule has 12 rings (SSSR count). The van der Waals surface area contributed by atoms with Crippen molar-refractivity contribution in [3.8, 4) is 0 Å². The van der Waals surface area contributed by atoms with Gasteiger partial charge in [0.05, 0.1) is 35.6 Å². The molecule has 0 aromatic carbocycles. The number of aliphatic hydroxyl groups is 3. The molecule has 628 valence electrons. The lowest BCUT2D eigenvalue weighted by atomic mass is 9.83. The minimum Gasteiger partial charge on any atom is -0.393 e. The third-order valence-corrected chi connectivity index (χ3v) is 22.8. The predicted molar refractivity (Wildman–Crippen MR) is 402 cm³/mol. The van der Waals surface area contributed by atoms with E-state index in [1.807, 2.05) is 32.7 Å². The first kappa shape index (κ1) is 91.4. The minimum atomic E-state index is -1.91. The van der Waals surface area contributed by atoms with Crippen LogP contribution in [0.2, 0.25) is 0 Å². The lowest BCUT2D eigenvalue weighted by Gasteiger charge is -2.30. The Morgan fingerprint density at radius 3 is 0.895 bits per heavy atom. The van der Waals surface area contributed by atoms with Crippen molar-refractivity contribution >= 4 is 17.9 Å². The molecule has 114 heavy (non-hydrogen) atoms. The number of aldehydes is 1. The van der Waals surface area contributed by atoms with Gasteiger partial charge in [0.25, 0.3) is 22.2 Å². The van der Waals surface area contributed by atoms with Gasteiger partial charge >= 0.3 is 34.1 Å². The van der Waals surface area contributed by atoms with Crippen molar-refractivity contribution in [1.29, 1.82) is 0 Å². The van der Waals surface area contributed by atoms with Crippen molar-refractivity contribution in [2.75, 3.05) is 24.7 Å². The van der Waals surface area contributed by atoms with Crippen LogP contribution in [0.3, 0.4) is 0 Å². The number of rotatable bonds is 18.